The van der Waals surface area contributed by atoms with Crippen molar-refractivity contribution in [2.24, 2.45) is 17.6 Å². The molecular weight excluding hydrogens is 218 g/mol. The van der Waals surface area contributed by atoms with Gasteiger partial charge in [0.15, 0.2) is 0 Å². The second-order valence-corrected chi connectivity index (χ2v) is 4.71. The van der Waals surface area contributed by atoms with Crippen molar-refractivity contribution >= 4 is 0 Å². The highest BCUT2D eigenvalue weighted by molar-refractivity contribution is 4.93. The van der Waals surface area contributed by atoms with Crippen LogP contribution >= 0.6 is 0 Å². The topological polar surface area (TPSA) is 74.2 Å². The number of aromatic nitrogens is 2. The van der Waals surface area contributed by atoms with Crippen LogP contribution in [0.5, 0.6) is 0 Å². The predicted octanol–water partition coefficient (Wildman–Crippen LogP) is 1.94. The molecule has 1 aromatic heterocycles. The Morgan fingerprint density at radius 1 is 1.35 bits per heavy atom. The third-order valence-electron chi connectivity index (χ3n) is 2.62. The summed E-state index contributed by atoms with van der Waals surface area (Å²) in [6, 6.07) is 0. The van der Waals surface area contributed by atoms with Gasteiger partial charge in [0.05, 0.1) is 0 Å². The first-order valence-electron chi connectivity index (χ1n) is 6.22. The molecule has 0 fully saturated rings. The zero-order chi connectivity index (χ0) is 12.8. The second kappa shape index (κ2) is 6.71. The van der Waals surface area contributed by atoms with Crippen LogP contribution in [0, 0.1) is 11.8 Å². The smallest absolute Gasteiger partial charge is 0.227 e. The Morgan fingerprint density at radius 2 is 2.06 bits per heavy atom. The van der Waals surface area contributed by atoms with E-state index in [1.165, 1.54) is 0 Å². The fourth-order valence-electron chi connectivity index (χ4n) is 1.59. The molecule has 0 saturated carbocycles. The number of hydrogen-bond donors (Lipinski definition) is 1. The molecule has 0 aromatic carbocycles. The van der Waals surface area contributed by atoms with Gasteiger partial charge in [0.25, 0.3) is 0 Å². The third-order valence-corrected chi connectivity index (χ3v) is 2.62. The lowest BCUT2D eigenvalue weighted by Crippen LogP contribution is -2.14. The molecule has 2 unspecified atom stereocenters. The minimum Gasteiger partial charge on any atom is -0.370 e. The molecule has 0 amide bonds. The van der Waals surface area contributed by atoms with Gasteiger partial charge in [-0.15, -0.1) is 0 Å². The molecule has 1 heterocycles. The van der Waals surface area contributed by atoms with E-state index in [1.807, 2.05) is 6.92 Å². The summed E-state index contributed by atoms with van der Waals surface area (Å²) < 4.78 is 10.8. The molecule has 0 aliphatic heterocycles. The zero-order valence-corrected chi connectivity index (χ0v) is 11.1. The molecule has 2 atom stereocenters. The molecule has 0 aliphatic carbocycles. The lowest BCUT2D eigenvalue weighted by atomic mass is 10.1. The summed E-state index contributed by atoms with van der Waals surface area (Å²) in [4.78, 5) is 4.38. The molecule has 0 spiro atoms. The van der Waals surface area contributed by atoms with Crippen molar-refractivity contribution in [2.75, 3.05) is 13.2 Å². The molecule has 0 bridgehead atoms. The van der Waals surface area contributed by atoms with E-state index in [-0.39, 0.29) is 6.10 Å². The van der Waals surface area contributed by atoms with E-state index in [0.29, 0.717) is 36.7 Å². The van der Waals surface area contributed by atoms with Crippen molar-refractivity contribution in [3.05, 3.63) is 11.7 Å². The minimum atomic E-state index is -0.0920. The lowest BCUT2D eigenvalue weighted by Gasteiger charge is -2.16. The Labute approximate surface area is 103 Å². The quantitative estimate of drug-likeness (QED) is 0.789. The highest BCUT2D eigenvalue weighted by Crippen LogP contribution is 2.23. The van der Waals surface area contributed by atoms with Gasteiger partial charge in [0.2, 0.25) is 11.7 Å². The molecule has 1 rings (SSSR count). The van der Waals surface area contributed by atoms with Gasteiger partial charge in [-0.2, -0.15) is 4.98 Å². The summed E-state index contributed by atoms with van der Waals surface area (Å²) in [7, 11) is 0. The van der Waals surface area contributed by atoms with Crippen LogP contribution in [-0.4, -0.2) is 23.3 Å². The van der Waals surface area contributed by atoms with E-state index in [4.69, 9.17) is 15.0 Å². The van der Waals surface area contributed by atoms with Gasteiger partial charge in [-0.1, -0.05) is 25.9 Å². The monoisotopic (exact) mass is 241 g/mol. The fraction of sp³-hybridized carbons (Fsp3) is 0.833. The SMILES string of the molecule is CCOC(c1noc(CC(C)CN)n1)C(C)C. The van der Waals surface area contributed by atoms with E-state index in [1.54, 1.807) is 0 Å². The van der Waals surface area contributed by atoms with Gasteiger partial charge in [-0.05, 0) is 25.3 Å². The average Bonchev–Trinajstić information content (AvgIpc) is 2.73. The Bertz CT molecular complexity index is 325. The van der Waals surface area contributed by atoms with Crippen LogP contribution in [0.2, 0.25) is 0 Å². The maximum absolute atomic E-state index is 5.62. The van der Waals surface area contributed by atoms with Gasteiger partial charge < -0.3 is 15.0 Å². The number of rotatable bonds is 7. The third kappa shape index (κ3) is 4.09. The fourth-order valence-corrected chi connectivity index (χ4v) is 1.59. The standard InChI is InChI=1S/C12H23N3O2/c1-5-16-11(8(2)3)12-14-10(17-15-12)6-9(4)7-13/h8-9,11H,5-7,13H2,1-4H3. The second-order valence-electron chi connectivity index (χ2n) is 4.71. The van der Waals surface area contributed by atoms with Crippen LogP contribution in [0.4, 0.5) is 0 Å². The maximum atomic E-state index is 5.62. The normalized spacial score (nSPS) is 15.2. The van der Waals surface area contributed by atoms with Crippen LogP contribution in [0.25, 0.3) is 0 Å². The summed E-state index contributed by atoms with van der Waals surface area (Å²) in [5.74, 6) is 1.96. The molecule has 0 aliphatic rings. The first-order valence-corrected chi connectivity index (χ1v) is 6.22. The molecule has 98 valence electrons. The van der Waals surface area contributed by atoms with Gasteiger partial charge in [0.1, 0.15) is 6.10 Å². The van der Waals surface area contributed by atoms with Crippen molar-refractivity contribution in [3.63, 3.8) is 0 Å². The number of hydrogen-bond acceptors (Lipinski definition) is 5. The molecule has 17 heavy (non-hydrogen) atoms. The summed E-state index contributed by atoms with van der Waals surface area (Å²) >= 11 is 0. The molecule has 2 N–H and O–H groups in total. The molecule has 5 heteroatoms. The first-order chi connectivity index (χ1) is 8.08. The molecule has 0 radical (unpaired) electrons. The summed E-state index contributed by atoms with van der Waals surface area (Å²) in [6.07, 6.45) is 0.631. The van der Waals surface area contributed by atoms with Crippen LogP contribution in [0.3, 0.4) is 0 Å². The van der Waals surface area contributed by atoms with Crippen LogP contribution in [0.1, 0.15) is 45.5 Å². The summed E-state index contributed by atoms with van der Waals surface area (Å²) in [5.41, 5.74) is 5.57. The largest absolute Gasteiger partial charge is 0.370 e. The highest BCUT2D eigenvalue weighted by atomic mass is 16.5. The van der Waals surface area contributed by atoms with Gasteiger partial charge in [-0.3, -0.25) is 0 Å². The average molecular weight is 241 g/mol. The minimum absolute atomic E-state index is 0.0920. The summed E-state index contributed by atoms with van der Waals surface area (Å²) in [6.45, 7) is 9.46. The number of ether oxygens (including phenoxy) is 1. The summed E-state index contributed by atoms with van der Waals surface area (Å²) in [5, 5.41) is 3.99. The van der Waals surface area contributed by atoms with Crippen LogP contribution in [-0.2, 0) is 11.2 Å². The highest BCUT2D eigenvalue weighted by Gasteiger charge is 2.22. The van der Waals surface area contributed by atoms with Crippen molar-refractivity contribution in [1.29, 1.82) is 0 Å². The van der Waals surface area contributed by atoms with E-state index < -0.39 is 0 Å². The zero-order valence-electron chi connectivity index (χ0n) is 11.1. The first kappa shape index (κ1) is 14.1. The van der Waals surface area contributed by atoms with Gasteiger partial charge in [-0.25, -0.2) is 0 Å². The Hall–Kier alpha value is -0.940. The Kier molecular flexibility index (Phi) is 5.58. The molecular formula is C12H23N3O2. The van der Waals surface area contributed by atoms with E-state index in [0.717, 1.165) is 6.42 Å². The molecule has 0 saturated heterocycles. The van der Waals surface area contributed by atoms with Crippen molar-refractivity contribution in [2.45, 2.75) is 40.2 Å². The maximum Gasteiger partial charge on any atom is 0.227 e. The number of nitrogens with two attached hydrogens (primary N) is 1. The van der Waals surface area contributed by atoms with Gasteiger partial charge >= 0.3 is 0 Å². The van der Waals surface area contributed by atoms with E-state index in [9.17, 15) is 0 Å². The number of nitrogens with zero attached hydrogens (tertiary/aromatic N) is 2. The predicted molar refractivity (Wildman–Crippen MR) is 65.4 cm³/mol. The van der Waals surface area contributed by atoms with Crippen LogP contribution in [0.15, 0.2) is 4.52 Å². The van der Waals surface area contributed by atoms with Gasteiger partial charge in [0, 0.05) is 13.0 Å². The molecule has 1 aromatic rings. The van der Waals surface area contributed by atoms with Crippen LogP contribution < -0.4 is 5.73 Å². The Morgan fingerprint density at radius 3 is 2.59 bits per heavy atom. The molecule has 5 nitrogen and oxygen atoms in total. The van der Waals surface area contributed by atoms with Crippen molar-refractivity contribution < 1.29 is 9.26 Å². The van der Waals surface area contributed by atoms with E-state index in [2.05, 4.69) is 30.9 Å². The van der Waals surface area contributed by atoms with E-state index >= 15 is 0 Å². The Balaban J connectivity index is 2.70. The van der Waals surface area contributed by atoms with Crippen molar-refractivity contribution in [3.8, 4) is 0 Å². The lowest BCUT2D eigenvalue weighted by molar-refractivity contribution is 0.0217. The van der Waals surface area contributed by atoms with Crippen molar-refractivity contribution in [1.82, 2.24) is 10.1 Å².